The summed E-state index contributed by atoms with van der Waals surface area (Å²) in [5, 5.41) is 11.5. The first-order chi connectivity index (χ1) is 8.71. The topological polar surface area (TPSA) is 66.4 Å². The third-order valence-corrected chi connectivity index (χ3v) is 3.40. The van der Waals surface area contributed by atoms with Gasteiger partial charge in [-0.3, -0.25) is 9.59 Å². The van der Waals surface area contributed by atoms with Crippen molar-refractivity contribution in [2.45, 2.75) is 45.5 Å². The zero-order valence-electron chi connectivity index (χ0n) is 11.3. The lowest BCUT2D eigenvalue weighted by Crippen LogP contribution is -2.37. The van der Waals surface area contributed by atoms with Crippen LogP contribution in [0.1, 0.15) is 39.5 Å². The summed E-state index contributed by atoms with van der Waals surface area (Å²) in [5.41, 5.74) is 0. The third kappa shape index (κ3) is 5.12. The average Bonchev–Trinajstić information content (AvgIpc) is 2.63. The van der Waals surface area contributed by atoms with Gasteiger partial charge in [-0.25, -0.2) is 8.78 Å². The number of carboxylic acid groups (broad SMARTS) is 1. The molecule has 4 nitrogen and oxygen atoms in total. The largest absolute Gasteiger partial charge is 0.481 e. The van der Waals surface area contributed by atoms with Gasteiger partial charge in [-0.15, -0.1) is 0 Å². The minimum atomic E-state index is -2.76. The van der Waals surface area contributed by atoms with Gasteiger partial charge in [0.2, 0.25) is 11.8 Å². The van der Waals surface area contributed by atoms with E-state index in [1.807, 2.05) is 13.8 Å². The first-order valence-corrected chi connectivity index (χ1v) is 6.59. The number of alkyl halides is 2. The van der Waals surface area contributed by atoms with E-state index in [1.54, 1.807) is 0 Å². The van der Waals surface area contributed by atoms with Crippen LogP contribution in [-0.2, 0) is 9.59 Å². The molecule has 110 valence electrons. The van der Waals surface area contributed by atoms with Gasteiger partial charge in [-0.05, 0) is 18.8 Å². The average molecular weight is 277 g/mol. The van der Waals surface area contributed by atoms with Crippen LogP contribution in [0, 0.1) is 17.8 Å². The predicted molar refractivity (Wildman–Crippen MR) is 65.9 cm³/mol. The van der Waals surface area contributed by atoms with Crippen LogP contribution in [-0.4, -0.2) is 29.5 Å². The highest BCUT2D eigenvalue weighted by molar-refractivity contribution is 5.80. The van der Waals surface area contributed by atoms with Gasteiger partial charge in [0, 0.05) is 25.3 Å². The fraction of sp³-hybridized carbons (Fsp3) is 0.846. The number of amides is 1. The Bertz CT molecular complexity index is 345. The minimum absolute atomic E-state index is 0.00835. The predicted octanol–water partition coefficient (Wildman–Crippen LogP) is 2.28. The lowest BCUT2D eigenvalue weighted by atomic mass is 9.97. The van der Waals surface area contributed by atoms with Crippen LogP contribution >= 0.6 is 0 Å². The van der Waals surface area contributed by atoms with Crippen molar-refractivity contribution in [2.75, 3.05) is 6.54 Å². The Labute approximate surface area is 111 Å². The Balaban J connectivity index is 2.42. The van der Waals surface area contributed by atoms with Crippen LogP contribution in [0.15, 0.2) is 0 Å². The second-order valence-corrected chi connectivity index (χ2v) is 5.71. The summed E-state index contributed by atoms with van der Waals surface area (Å²) in [6.45, 7) is 3.80. The molecule has 1 fully saturated rings. The third-order valence-electron chi connectivity index (χ3n) is 3.40. The van der Waals surface area contributed by atoms with Gasteiger partial charge in [-0.1, -0.05) is 13.8 Å². The molecule has 1 aliphatic rings. The molecule has 1 amide bonds. The van der Waals surface area contributed by atoms with E-state index < -0.39 is 36.1 Å². The maximum Gasteiger partial charge on any atom is 0.308 e. The van der Waals surface area contributed by atoms with E-state index in [0.29, 0.717) is 6.42 Å². The molecular formula is C13H21F2NO3. The Morgan fingerprint density at radius 2 is 2.05 bits per heavy atom. The number of carbonyl (C=O) groups is 2. The maximum atomic E-state index is 13.0. The van der Waals surface area contributed by atoms with Gasteiger partial charge in [0.05, 0.1) is 5.92 Å². The number of rotatable bonds is 6. The lowest BCUT2D eigenvalue weighted by molar-refractivity contribution is -0.142. The number of hydrogen-bond donors (Lipinski definition) is 2. The van der Waals surface area contributed by atoms with Gasteiger partial charge in [-0.2, -0.15) is 0 Å². The summed E-state index contributed by atoms with van der Waals surface area (Å²) >= 11 is 0. The van der Waals surface area contributed by atoms with Crippen LogP contribution in [0.25, 0.3) is 0 Å². The monoisotopic (exact) mass is 277 g/mol. The molecule has 0 saturated heterocycles. The van der Waals surface area contributed by atoms with Gasteiger partial charge >= 0.3 is 5.97 Å². The summed E-state index contributed by atoms with van der Waals surface area (Å²) in [5.74, 6) is -5.33. The van der Waals surface area contributed by atoms with Crippen LogP contribution in [0.4, 0.5) is 8.78 Å². The van der Waals surface area contributed by atoms with E-state index in [9.17, 15) is 18.4 Å². The molecule has 0 radical (unpaired) electrons. The van der Waals surface area contributed by atoms with Gasteiger partial charge < -0.3 is 10.4 Å². The Morgan fingerprint density at radius 3 is 2.47 bits per heavy atom. The van der Waals surface area contributed by atoms with Gasteiger partial charge in [0.25, 0.3) is 0 Å². The van der Waals surface area contributed by atoms with Gasteiger partial charge in [0.1, 0.15) is 0 Å². The molecule has 1 aliphatic carbocycles. The Morgan fingerprint density at radius 1 is 1.42 bits per heavy atom. The van der Waals surface area contributed by atoms with E-state index in [-0.39, 0.29) is 25.3 Å². The molecular weight excluding hydrogens is 256 g/mol. The fourth-order valence-electron chi connectivity index (χ4n) is 2.38. The number of nitrogens with one attached hydrogen (secondary N) is 1. The highest BCUT2D eigenvalue weighted by atomic mass is 19.3. The van der Waals surface area contributed by atoms with Crippen molar-refractivity contribution in [1.82, 2.24) is 5.32 Å². The summed E-state index contributed by atoms with van der Waals surface area (Å²) in [6, 6.07) is 0. The number of hydrogen-bond acceptors (Lipinski definition) is 2. The Kier molecular flexibility index (Phi) is 5.26. The van der Waals surface area contributed by atoms with Crippen molar-refractivity contribution in [3.8, 4) is 0 Å². The smallest absolute Gasteiger partial charge is 0.308 e. The van der Waals surface area contributed by atoms with E-state index >= 15 is 0 Å². The molecule has 2 unspecified atom stereocenters. The van der Waals surface area contributed by atoms with Crippen molar-refractivity contribution in [3.05, 3.63) is 0 Å². The van der Waals surface area contributed by atoms with Crippen LogP contribution in [0.2, 0.25) is 0 Å². The molecule has 0 aromatic heterocycles. The van der Waals surface area contributed by atoms with Crippen LogP contribution < -0.4 is 5.32 Å². The van der Waals surface area contributed by atoms with Crippen LogP contribution in [0.5, 0.6) is 0 Å². The summed E-state index contributed by atoms with van der Waals surface area (Å²) in [6.07, 6.45) is -0.0720. The molecule has 0 heterocycles. The van der Waals surface area contributed by atoms with Gasteiger partial charge in [0.15, 0.2) is 0 Å². The second-order valence-electron chi connectivity index (χ2n) is 5.71. The molecule has 2 atom stereocenters. The maximum absolute atomic E-state index is 13.0. The second kappa shape index (κ2) is 6.30. The van der Waals surface area contributed by atoms with Crippen molar-refractivity contribution >= 4 is 11.9 Å². The van der Waals surface area contributed by atoms with E-state index in [1.165, 1.54) is 0 Å². The number of aliphatic carboxylic acids is 1. The normalized spacial score (nSPS) is 23.3. The molecule has 2 N–H and O–H groups in total. The molecule has 1 rings (SSSR count). The quantitative estimate of drug-likeness (QED) is 0.782. The van der Waals surface area contributed by atoms with Crippen molar-refractivity contribution in [2.24, 2.45) is 17.8 Å². The summed E-state index contributed by atoms with van der Waals surface area (Å²) in [7, 11) is 0. The summed E-state index contributed by atoms with van der Waals surface area (Å²) < 4.78 is 26.0. The standard InChI is InChI=1S/C13H21F2NO3/c1-8(2)5-10(12(18)19)7-16-11(17)9-3-4-13(14,15)6-9/h8-10H,3-7H2,1-2H3,(H,16,17)(H,18,19). The molecule has 0 bridgehead atoms. The van der Waals surface area contributed by atoms with Crippen molar-refractivity contribution in [1.29, 1.82) is 0 Å². The molecule has 0 spiro atoms. The molecule has 6 heteroatoms. The molecule has 19 heavy (non-hydrogen) atoms. The zero-order chi connectivity index (χ0) is 14.6. The highest BCUT2D eigenvalue weighted by Gasteiger charge is 2.42. The zero-order valence-corrected chi connectivity index (χ0v) is 11.3. The number of carboxylic acids is 1. The number of carbonyl (C=O) groups excluding carboxylic acids is 1. The Hall–Kier alpha value is -1.20. The van der Waals surface area contributed by atoms with E-state index in [4.69, 9.17) is 5.11 Å². The number of halogens is 2. The van der Waals surface area contributed by atoms with E-state index in [0.717, 1.165) is 0 Å². The molecule has 0 aromatic carbocycles. The lowest BCUT2D eigenvalue weighted by Gasteiger charge is -2.17. The molecule has 1 saturated carbocycles. The fourth-order valence-corrected chi connectivity index (χ4v) is 2.38. The van der Waals surface area contributed by atoms with Crippen molar-refractivity contribution in [3.63, 3.8) is 0 Å². The molecule has 0 aliphatic heterocycles. The molecule has 0 aromatic rings. The SMILES string of the molecule is CC(C)CC(CNC(=O)C1CCC(F)(F)C1)C(=O)O. The van der Waals surface area contributed by atoms with Crippen LogP contribution in [0.3, 0.4) is 0 Å². The first-order valence-electron chi connectivity index (χ1n) is 6.59. The minimum Gasteiger partial charge on any atom is -0.481 e. The van der Waals surface area contributed by atoms with E-state index in [2.05, 4.69) is 5.32 Å². The first kappa shape index (κ1) is 15.9. The highest BCUT2D eigenvalue weighted by Crippen LogP contribution is 2.38. The summed E-state index contributed by atoms with van der Waals surface area (Å²) in [4.78, 5) is 22.7. The van der Waals surface area contributed by atoms with Crippen molar-refractivity contribution < 1.29 is 23.5 Å².